The van der Waals surface area contributed by atoms with E-state index >= 15 is 0 Å². The molecule has 0 bridgehead atoms. The molecule has 0 unspecified atom stereocenters. The first-order chi connectivity index (χ1) is 12.0. The number of aryl methyl sites for hydroxylation is 1. The van der Waals surface area contributed by atoms with E-state index in [4.69, 9.17) is 5.41 Å². The van der Waals surface area contributed by atoms with Gasteiger partial charge in [0.2, 0.25) is 5.91 Å². The van der Waals surface area contributed by atoms with Crippen LogP contribution in [0.3, 0.4) is 0 Å². The van der Waals surface area contributed by atoms with Crippen LogP contribution in [0.1, 0.15) is 37.7 Å². The van der Waals surface area contributed by atoms with Gasteiger partial charge in [-0.05, 0) is 26.0 Å². The Kier molecular flexibility index (Phi) is 7.18. The molecule has 2 rings (SSSR count). The first-order valence-electron chi connectivity index (χ1n) is 8.94. The van der Waals surface area contributed by atoms with Gasteiger partial charge < -0.3 is 25.5 Å². The number of hydrogen-bond acceptors (Lipinski definition) is 5. The van der Waals surface area contributed by atoms with Gasteiger partial charge in [0, 0.05) is 38.6 Å². The molecule has 1 fully saturated rings. The first kappa shape index (κ1) is 19.2. The van der Waals surface area contributed by atoms with E-state index in [2.05, 4.69) is 22.6 Å². The summed E-state index contributed by atoms with van der Waals surface area (Å²) in [4.78, 5) is 26.3. The minimum atomic E-state index is -0.255. The summed E-state index contributed by atoms with van der Waals surface area (Å²) in [6.45, 7) is 1.54. The molecule has 0 aromatic carbocycles. The number of nitrogens with one attached hydrogen (secondary N) is 3. The van der Waals surface area contributed by atoms with E-state index in [9.17, 15) is 9.59 Å². The van der Waals surface area contributed by atoms with Gasteiger partial charge in [-0.1, -0.05) is 19.3 Å². The molecular formula is C18H29N5O2. The summed E-state index contributed by atoms with van der Waals surface area (Å²) in [5.41, 5.74) is 0.511. The molecule has 0 saturated heterocycles. The van der Waals surface area contributed by atoms with Gasteiger partial charge in [0.15, 0.2) is 0 Å². The largest absolute Gasteiger partial charge is 0.375 e. The highest BCUT2D eigenvalue weighted by Crippen LogP contribution is 2.21. The van der Waals surface area contributed by atoms with E-state index in [0.29, 0.717) is 18.3 Å². The quantitative estimate of drug-likeness (QED) is 0.616. The van der Waals surface area contributed by atoms with Crippen LogP contribution in [-0.2, 0) is 11.8 Å². The lowest BCUT2D eigenvalue weighted by Gasteiger charge is -2.31. The summed E-state index contributed by atoms with van der Waals surface area (Å²) in [6.07, 6.45) is 9.08. The molecule has 1 aromatic heterocycles. The van der Waals surface area contributed by atoms with Crippen molar-refractivity contribution in [2.24, 2.45) is 7.05 Å². The van der Waals surface area contributed by atoms with Crippen molar-refractivity contribution in [1.29, 1.82) is 5.41 Å². The highest BCUT2D eigenvalue weighted by atomic mass is 16.2. The van der Waals surface area contributed by atoms with Gasteiger partial charge in [-0.25, -0.2) is 0 Å². The van der Waals surface area contributed by atoms with Crippen molar-refractivity contribution < 1.29 is 4.79 Å². The summed E-state index contributed by atoms with van der Waals surface area (Å²) in [5.74, 6) is -0.117. The fraction of sp³-hybridized carbons (Fsp3) is 0.611. The average molecular weight is 347 g/mol. The van der Waals surface area contributed by atoms with Crippen LogP contribution >= 0.6 is 0 Å². The summed E-state index contributed by atoms with van der Waals surface area (Å²) in [7, 11) is 3.76. The number of rotatable bonds is 8. The predicted molar refractivity (Wildman–Crippen MR) is 101 cm³/mol. The van der Waals surface area contributed by atoms with Gasteiger partial charge in [0.05, 0.1) is 17.8 Å². The molecule has 1 aliphatic rings. The number of carbonyl (C=O) groups is 1. The Morgan fingerprint density at radius 3 is 2.80 bits per heavy atom. The van der Waals surface area contributed by atoms with Crippen molar-refractivity contribution in [2.75, 3.05) is 32.0 Å². The molecule has 0 atom stereocenters. The molecule has 3 N–H and O–H groups in total. The molecule has 1 saturated carbocycles. The number of nitrogens with zero attached hydrogens (tertiary/aromatic N) is 2. The number of anilines is 1. The van der Waals surface area contributed by atoms with Crippen LogP contribution in [0.15, 0.2) is 17.1 Å². The topological polar surface area (TPSA) is 90.2 Å². The van der Waals surface area contributed by atoms with E-state index in [1.807, 2.05) is 0 Å². The SMILES string of the molecule is CN(CCNC(=O)CNc1ccn(C)c(=O)c1C=N)C1CCCCC1. The number of carbonyl (C=O) groups excluding carboxylic acids is 1. The number of aromatic nitrogens is 1. The Labute approximate surface area is 148 Å². The lowest BCUT2D eigenvalue weighted by atomic mass is 9.94. The highest BCUT2D eigenvalue weighted by molar-refractivity contribution is 5.87. The lowest BCUT2D eigenvalue weighted by molar-refractivity contribution is -0.119. The molecule has 1 amide bonds. The van der Waals surface area contributed by atoms with Crippen LogP contribution in [0.2, 0.25) is 0 Å². The predicted octanol–water partition coefficient (Wildman–Crippen LogP) is 1.18. The Balaban J connectivity index is 1.75. The Morgan fingerprint density at radius 1 is 1.40 bits per heavy atom. The summed E-state index contributed by atoms with van der Waals surface area (Å²) in [6, 6.07) is 2.34. The zero-order valence-corrected chi connectivity index (χ0v) is 15.2. The standard InChI is InChI=1S/C18H29N5O2/c1-22(14-6-4-3-5-7-14)11-9-20-17(24)13-21-16-8-10-23(2)18(25)15(16)12-19/h8,10,12,14,19,21H,3-7,9,11,13H2,1-2H3,(H,20,24). The molecule has 1 aliphatic carbocycles. The number of amides is 1. The second-order valence-electron chi connectivity index (χ2n) is 6.68. The molecular weight excluding hydrogens is 318 g/mol. The fourth-order valence-corrected chi connectivity index (χ4v) is 3.26. The molecule has 25 heavy (non-hydrogen) atoms. The van der Waals surface area contributed by atoms with E-state index in [-0.39, 0.29) is 23.6 Å². The van der Waals surface area contributed by atoms with Crippen LogP contribution < -0.4 is 16.2 Å². The maximum Gasteiger partial charge on any atom is 0.261 e. The van der Waals surface area contributed by atoms with E-state index in [0.717, 1.165) is 12.8 Å². The van der Waals surface area contributed by atoms with Gasteiger partial charge in [0.1, 0.15) is 0 Å². The van der Waals surface area contributed by atoms with Crippen molar-refractivity contribution in [3.63, 3.8) is 0 Å². The monoisotopic (exact) mass is 347 g/mol. The Hall–Kier alpha value is -2.15. The number of hydrogen-bond donors (Lipinski definition) is 3. The minimum Gasteiger partial charge on any atom is -0.375 e. The molecule has 138 valence electrons. The van der Waals surface area contributed by atoms with Crippen LogP contribution in [-0.4, -0.2) is 54.3 Å². The molecule has 7 nitrogen and oxygen atoms in total. The van der Waals surface area contributed by atoms with Crippen molar-refractivity contribution >= 4 is 17.8 Å². The third-order valence-electron chi connectivity index (χ3n) is 4.87. The summed E-state index contributed by atoms with van der Waals surface area (Å²) in [5, 5.41) is 13.2. The van der Waals surface area contributed by atoms with Crippen molar-refractivity contribution in [3.05, 3.63) is 28.2 Å². The van der Waals surface area contributed by atoms with Gasteiger partial charge in [0.25, 0.3) is 5.56 Å². The lowest BCUT2D eigenvalue weighted by Crippen LogP contribution is -2.40. The maximum atomic E-state index is 12.0. The normalized spacial score (nSPS) is 15.2. The molecule has 0 radical (unpaired) electrons. The molecule has 1 aromatic rings. The molecule has 0 spiro atoms. The Morgan fingerprint density at radius 2 is 2.12 bits per heavy atom. The van der Waals surface area contributed by atoms with Crippen molar-refractivity contribution in [1.82, 2.24) is 14.8 Å². The summed E-state index contributed by atoms with van der Waals surface area (Å²) >= 11 is 0. The number of pyridine rings is 1. The summed E-state index contributed by atoms with van der Waals surface area (Å²) < 4.78 is 1.41. The second kappa shape index (κ2) is 9.36. The van der Waals surface area contributed by atoms with Crippen LogP contribution in [0.25, 0.3) is 0 Å². The smallest absolute Gasteiger partial charge is 0.261 e. The van der Waals surface area contributed by atoms with Crippen LogP contribution in [0.5, 0.6) is 0 Å². The molecule has 7 heteroatoms. The average Bonchev–Trinajstić information content (AvgIpc) is 2.63. The maximum absolute atomic E-state index is 12.0. The third-order valence-corrected chi connectivity index (χ3v) is 4.87. The molecule has 0 aliphatic heterocycles. The van der Waals surface area contributed by atoms with Gasteiger partial charge >= 0.3 is 0 Å². The minimum absolute atomic E-state index is 0.0845. The van der Waals surface area contributed by atoms with Crippen molar-refractivity contribution in [2.45, 2.75) is 38.1 Å². The first-order valence-corrected chi connectivity index (χ1v) is 8.94. The van der Waals surface area contributed by atoms with Crippen molar-refractivity contribution in [3.8, 4) is 0 Å². The molecule has 1 heterocycles. The van der Waals surface area contributed by atoms with Gasteiger partial charge in [-0.15, -0.1) is 0 Å². The zero-order valence-electron chi connectivity index (χ0n) is 15.2. The van der Waals surface area contributed by atoms with E-state index in [1.54, 1.807) is 19.3 Å². The Bertz CT molecular complexity index is 649. The van der Waals surface area contributed by atoms with E-state index in [1.165, 1.54) is 36.7 Å². The number of likely N-dealkylation sites (N-methyl/N-ethyl adjacent to an activating group) is 1. The van der Waals surface area contributed by atoms with Crippen LogP contribution in [0.4, 0.5) is 5.69 Å². The second-order valence-corrected chi connectivity index (χ2v) is 6.68. The van der Waals surface area contributed by atoms with Gasteiger partial charge in [-0.3, -0.25) is 9.59 Å². The van der Waals surface area contributed by atoms with Gasteiger partial charge in [-0.2, -0.15) is 0 Å². The van der Waals surface area contributed by atoms with Crippen LogP contribution in [0, 0.1) is 5.41 Å². The third kappa shape index (κ3) is 5.42. The zero-order chi connectivity index (χ0) is 18.2. The fourth-order valence-electron chi connectivity index (χ4n) is 3.26. The highest BCUT2D eigenvalue weighted by Gasteiger charge is 2.17. The van der Waals surface area contributed by atoms with E-state index < -0.39 is 0 Å².